The summed E-state index contributed by atoms with van der Waals surface area (Å²) in [7, 11) is 0. The minimum atomic E-state index is 0.420. The molecule has 1 aromatic carbocycles. The van der Waals surface area contributed by atoms with Crippen molar-refractivity contribution in [1.29, 1.82) is 0 Å². The normalized spacial score (nSPS) is 13.5. The molecule has 1 unspecified atom stereocenters. The summed E-state index contributed by atoms with van der Waals surface area (Å²) in [4.78, 5) is 0. The van der Waals surface area contributed by atoms with Gasteiger partial charge >= 0.3 is 0 Å². The maximum atomic E-state index is 3.72. The molecule has 0 heterocycles. The third-order valence-electron chi connectivity index (χ3n) is 3.39. The molecule has 0 radical (unpaired) electrons. The Morgan fingerprint density at radius 2 is 2.00 bits per heavy atom. The molecule has 22 heavy (non-hydrogen) atoms. The number of allylic oxidation sites excluding steroid dienone is 4. The van der Waals surface area contributed by atoms with E-state index in [0.717, 1.165) is 18.8 Å². The van der Waals surface area contributed by atoms with Crippen molar-refractivity contribution in [2.24, 2.45) is 0 Å². The molecule has 0 aliphatic heterocycles. The van der Waals surface area contributed by atoms with Crippen LogP contribution in [0.2, 0.25) is 0 Å². The lowest BCUT2D eigenvalue weighted by Gasteiger charge is -2.18. The first-order chi connectivity index (χ1) is 10.8. The molecule has 1 aromatic rings. The lowest BCUT2D eigenvalue weighted by Crippen LogP contribution is -2.18. The molecule has 0 amide bonds. The number of rotatable bonds is 11. The molecule has 1 nitrogen and oxygen atoms in total. The van der Waals surface area contributed by atoms with E-state index in [1.165, 1.54) is 24.0 Å². The van der Waals surface area contributed by atoms with Crippen molar-refractivity contribution in [3.8, 4) is 0 Å². The minimum Gasteiger partial charge on any atom is -0.316 e. The highest BCUT2D eigenvalue weighted by molar-refractivity contribution is 7.99. The lowest BCUT2D eigenvalue weighted by molar-refractivity contribution is 0.666. The average molecular weight is 316 g/mol. The predicted molar refractivity (Wildman–Crippen MR) is 103 cm³/mol. The lowest BCUT2D eigenvalue weighted by atomic mass is 10.1. The fraction of sp³-hybridized carbons (Fsp3) is 0.400. The predicted octanol–water partition coefficient (Wildman–Crippen LogP) is 5.54. The first-order valence-corrected chi connectivity index (χ1v) is 9.17. The van der Waals surface area contributed by atoms with Crippen molar-refractivity contribution in [1.82, 2.24) is 5.32 Å². The van der Waals surface area contributed by atoms with E-state index in [-0.39, 0.29) is 0 Å². The third kappa shape index (κ3) is 7.67. The van der Waals surface area contributed by atoms with Gasteiger partial charge in [-0.05, 0) is 25.5 Å². The molecule has 1 rings (SSSR count). The Kier molecular flexibility index (Phi) is 10.5. The SMILES string of the molecule is C=C/C=C\C=C(/C)C(SCCNCCCC)c1ccccc1. The zero-order chi connectivity index (χ0) is 16.0. The molecule has 0 spiro atoms. The molecular formula is C20H29NS. The zero-order valence-corrected chi connectivity index (χ0v) is 14.7. The first-order valence-electron chi connectivity index (χ1n) is 8.12. The quantitative estimate of drug-likeness (QED) is 0.425. The minimum absolute atomic E-state index is 0.420. The molecular weight excluding hydrogens is 286 g/mol. The van der Waals surface area contributed by atoms with Gasteiger partial charge < -0.3 is 5.32 Å². The molecule has 120 valence electrons. The Balaban J connectivity index is 2.61. The Labute approximate surface area is 140 Å². The monoisotopic (exact) mass is 315 g/mol. The second-order valence-electron chi connectivity index (χ2n) is 5.30. The highest BCUT2D eigenvalue weighted by atomic mass is 32.2. The van der Waals surface area contributed by atoms with Crippen LogP contribution in [-0.2, 0) is 0 Å². The Bertz CT molecular complexity index is 462. The molecule has 1 atom stereocenters. The van der Waals surface area contributed by atoms with Crippen molar-refractivity contribution >= 4 is 11.8 Å². The maximum Gasteiger partial charge on any atom is 0.0507 e. The van der Waals surface area contributed by atoms with Crippen LogP contribution in [0.3, 0.4) is 0 Å². The maximum absolute atomic E-state index is 3.72. The number of hydrogen-bond donors (Lipinski definition) is 1. The van der Waals surface area contributed by atoms with Gasteiger partial charge in [-0.1, -0.05) is 80.1 Å². The second kappa shape index (κ2) is 12.3. The van der Waals surface area contributed by atoms with E-state index in [1.54, 1.807) is 0 Å². The molecule has 0 aliphatic carbocycles. The molecule has 0 saturated carbocycles. The summed E-state index contributed by atoms with van der Waals surface area (Å²) in [5.74, 6) is 1.12. The standard InChI is InChI=1S/C20H29NS/c1-4-6-9-12-18(3)20(19-13-10-8-11-14-19)22-17-16-21-15-7-5-2/h4,6,8-14,20-21H,1,5,7,15-17H2,2-3H3/b9-6-,18-12+. The molecule has 1 N–H and O–H groups in total. The summed E-state index contributed by atoms with van der Waals surface area (Å²) in [6.45, 7) is 10.4. The second-order valence-corrected chi connectivity index (χ2v) is 6.51. The third-order valence-corrected chi connectivity index (χ3v) is 4.81. The van der Waals surface area contributed by atoms with Crippen LogP contribution in [0, 0.1) is 0 Å². The van der Waals surface area contributed by atoms with Gasteiger partial charge in [0.15, 0.2) is 0 Å². The number of hydrogen-bond acceptors (Lipinski definition) is 2. The van der Waals surface area contributed by atoms with E-state index in [1.807, 2.05) is 23.9 Å². The molecule has 0 aliphatic rings. The van der Waals surface area contributed by atoms with E-state index in [2.05, 4.69) is 68.2 Å². The summed E-state index contributed by atoms with van der Waals surface area (Å²) in [6, 6.07) is 10.8. The van der Waals surface area contributed by atoms with Crippen LogP contribution in [0.4, 0.5) is 0 Å². The summed E-state index contributed by atoms with van der Waals surface area (Å²) < 4.78 is 0. The number of nitrogens with one attached hydrogen (secondary N) is 1. The van der Waals surface area contributed by atoms with Crippen molar-refractivity contribution in [3.05, 3.63) is 72.4 Å². The van der Waals surface area contributed by atoms with Crippen LogP contribution in [0.25, 0.3) is 0 Å². The summed E-state index contributed by atoms with van der Waals surface area (Å²) in [6.07, 6.45) is 10.6. The smallest absolute Gasteiger partial charge is 0.0507 e. The van der Waals surface area contributed by atoms with Crippen molar-refractivity contribution in [3.63, 3.8) is 0 Å². The van der Waals surface area contributed by atoms with E-state index >= 15 is 0 Å². The number of benzene rings is 1. The fourth-order valence-corrected chi connectivity index (χ4v) is 3.36. The fourth-order valence-electron chi connectivity index (χ4n) is 2.17. The van der Waals surface area contributed by atoms with Gasteiger partial charge in [0.25, 0.3) is 0 Å². The van der Waals surface area contributed by atoms with Crippen molar-refractivity contribution in [2.45, 2.75) is 31.9 Å². The van der Waals surface area contributed by atoms with Gasteiger partial charge in [0, 0.05) is 12.3 Å². The summed E-state index contributed by atoms with van der Waals surface area (Å²) in [5, 5.41) is 3.94. The van der Waals surface area contributed by atoms with Crippen LogP contribution < -0.4 is 5.32 Å². The number of thioether (sulfide) groups is 1. The van der Waals surface area contributed by atoms with Gasteiger partial charge in [-0.3, -0.25) is 0 Å². The van der Waals surface area contributed by atoms with Gasteiger partial charge in [-0.25, -0.2) is 0 Å². The largest absolute Gasteiger partial charge is 0.316 e. The van der Waals surface area contributed by atoms with E-state index in [4.69, 9.17) is 0 Å². The average Bonchev–Trinajstić information content (AvgIpc) is 2.55. The van der Waals surface area contributed by atoms with Gasteiger partial charge in [0.1, 0.15) is 0 Å². The highest BCUT2D eigenvalue weighted by Crippen LogP contribution is 2.35. The van der Waals surface area contributed by atoms with Gasteiger partial charge in [0.2, 0.25) is 0 Å². The van der Waals surface area contributed by atoms with Crippen LogP contribution in [0.1, 0.15) is 37.5 Å². The summed E-state index contributed by atoms with van der Waals surface area (Å²) in [5.41, 5.74) is 2.75. The van der Waals surface area contributed by atoms with Crippen LogP contribution in [-0.4, -0.2) is 18.8 Å². The van der Waals surface area contributed by atoms with Gasteiger partial charge in [-0.15, -0.1) is 11.8 Å². The molecule has 0 aromatic heterocycles. The van der Waals surface area contributed by atoms with E-state index < -0.39 is 0 Å². The summed E-state index contributed by atoms with van der Waals surface area (Å²) >= 11 is 2.01. The van der Waals surface area contributed by atoms with Crippen LogP contribution in [0.5, 0.6) is 0 Å². The van der Waals surface area contributed by atoms with Crippen LogP contribution >= 0.6 is 11.8 Å². The Hall–Kier alpha value is -1.25. The zero-order valence-electron chi connectivity index (χ0n) is 13.9. The Morgan fingerprint density at radius 3 is 2.68 bits per heavy atom. The van der Waals surface area contributed by atoms with Crippen molar-refractivity contribution in [2.75, 3.05) is 18.8 Å². The van der Waals surface area contributed by atoms with Gasteiger partial charge in [0.05, 0.1) is 5.25 Å². The number of unbranched alkanes of at least 4 members (excludes halogenated alkanes) is 1. The van der Waals surface area contributed by atoms with E-state index in [0.29, 0.717) is 5.25 Å². The van der Waals surface area contributed by atoms with Crippen molar-refractivity contribution < 1.29 is 0 Å². The van der Waals surface area contributed by atoms with Crippen LogP contribution in [0.15, 0.2) is 66.8 Å². The molecule has 0 fully saturated rings. The van der Waals surface area contributed by atoms with Gasteiger partial charge in [-0.2, -0.15) is 0 Å². The van der Waals surface area contributed by atoms with E-state index in [9.17, 15) is 0 Å². The molecule has 2 heteroatoms. The molecule has 0 saturated heterocycles. The first kappa shape index (κ1) is 18.8. The highest BCUT2D eigenvalue weighted by Gasteiger charge is 2.13. The topological polar surface area (TPSA) is 12.0 Å². The molecule has 0 bridgehead atoms. The Morgan fingerprint density at radius 1 is 1.23 bits per heavy atom.